The van der Waals surface area contributed by atoms with Crippen LogP contribution in [0.1, 0.15) is 26.3 Å². The molecule has 0 bridgehead atoms. The molecule has 1 aliphatic heterocycles. The highest BCUT2D eigenvalue weighted by atomic mass is 16.6. The van der Waals surface area contributed by atoms with Crippen molar-refractivity contribution >= 4 is 11.9 Å². The smallest absolute Gasteiger partial charge is 0.345 e. The minimum Gasteiger partial charge on any atom is -0.458 e. The molecule has 1 amide bonds. The molecule has 1 unspecified atom stereocenters. The summed E-state index contributed by atoms with van der Waals surface area (Å²) in [5.41, 5.74) is 0.387. The molecule has 2 rings (SSSR count). The van der Waals surface area contributed by atoms with Crippen molar-refractivity contribution in [2.45, 2.75) is 39.0 Å². The van der Waals surface area contributed by atoms with Gasteiger partial charge in [-0.05, 0) is 26.3 Å². The summed E-state index contributed by atoms with van der Waals surface area (Å²) in [5, 5.41) is 0. The zero-order chi connectivity index (χ0) is 15.5. The van der Waals surface area contributed by atoms with E-state index in [0.29, 0.717) is 19.7 Å². The predicted octanol–water partition coefficient (Wildman–Crippen LogP) is 1.76. The second-order valence-corrected chi connectivity index (χ2v) is 6.03. The molecule has 1 saturated heterocycles. The first-order valence-electron chi connectivity index (χ1n) is 7.04. The van der Waals surface area contributed by atoms with Gasteiger partial charge in [0.1, 0.15) is 5.60 Å². The lowest BCUT2D eigenvalue weighted by atomic mass is 10.1. The molecule has 0 saturated carbocycles. The second kappa shape index (κ2) is 6.26. The van der Waals surface area contributed by atoms with Gasteiger partial charge < -0.3 is 14.4 Å². The summed E-state index contributed by atoms with van der Waals surface area (Å²) in [4.78, 5) is 26.0. The normalized spacial score (nSPS) is 19.5. The number of nitrogens with zero attached hydrogens (tertiary/aromatic N) is 1. The lowest BCUT2D eigenvalue weighted by molar-refractivity contribution is -0.180. The highest BCUT2D eigenvalue weighted by molar-refractivity contribution is 6.01. The SMILES string of the molecule is CC(C)(C)OC(=O)C1OCCN(Cc2ccccc2)C1=O. The molecule has 1 heterocycles. The van der Waals surface area contributed by atoms with Gasteiger partial charge in [-0.2, -0.15) is 0 Å². The van der Waals surface area contributed by atoms with E-state index in [0.717, 1.165) is 5.56 Å². The van der Waals surface area contributed by atoms with E-state index in [-0.39, 0.29) is 5.91 Å². The molecule has 0 aromatic heterocycles. The van der Waals surface area contributed by atoms with E-state index < -0.39 is 17.7 Å². The molecule has 1 aliphatic rings. The second-order valence-electron chi connectivity index (χ2n) is 6.03. The van der Waals surface area contributed by atoms with Crippen LogP contribution < -0.4 is 0 Å². The van der Waals surface area contributed by atoms with Crippen LogP contribution in [0.2, 0.25) is 0 Å². The Morgan fingerprint density at radius 2 is 2.00 bits per heavy atom. The van der Waals surface area contributed by atoms with Crippen LogP contribution in [-0.2, 0) is 25.6 Å². The van der Waals surface area contributed by atoms with Crippen molar-refractivity contribution in [1.82, 2.24) is 4.90 Å². The minimum atomic E-state index is -1.15. The van der Waals surface area contributed by atoms with Crippen molar-refractivity contribution < 1.29 is 19.1 Å². The Labute approximate surface area is 124 Å². The monoisotopic (exact) mass is 291 g/mol. The number of ether oxygens (including phenoxy) is 2. The zero-order valence-electron chi connectivity index (χ0n) is 12.7. The summed E-state index contributed by atoms with van der Waals surface area (Å²) >= 11 is 0. The number of hydrogen-bond donors (Lipinski definition) is 0. The van der Waals surface area contributed by atoms with Crippen LogP contribution >= 0.6 is 0 Å². The van der Waals surface area contributed by atoms with Gasteiger partial charge in [0.25, 0.3) is 5.91 Å². The third-order valence-electron chi connectivity index (χ3n) is 3.02. The molecular formula is C16H21NO4. The van der Waals surface area contributed by atoms with Crippen LogP contribution in [-0.4, -0.2) is 41.6 Å². The maximum absolute atomic E-state index is 12.4. The van der Waals surface area contributed by atoms with Gasteiger partial charge in [-0.25, -0.2) is 4.79 Å². The Kier molecular flexibility index (Phi) is 4.63. The molecule has 5 heteroatoms. The molecule has 1 atom stereocenters. The maximum atomic E-state index is 12.4. The molecule has 0 spiro atoms. The lowest BCUT2D eigenvalue weighted by Gasteiger charge is -2.32. The number of hydrogen-bond acceptors (Lipinski definition) is 4. The van der Waals surface area contributed by atoms with Crippen LogP contribution in [0.5, 0.6) is 0 Å². The standard InChI is InChI=1S/C16H21NO4/c1-16(2,3)21-15(19)13-14(18)17(9-10-20-13)11-12-7-5-4-6-8-12/h4-8,13H,9-11H2,1-3H3. The van der Waals surface area contributed by atoms with E-state index in [1.807, 2.05) is 30.3 Å². The number of esters is 1. The topological polar surface area (TPSA) is 55.8 Å². The van der Waals surface area contributed by atoms with Gasteiger partial charge in [0, 0.05) is 13.1 Å². The quantitative estimate of drug-likeness (QED) is 0.629. The van der Waals surface area contributed by atoms with Crippen LogP contribution in [0.4, 0.5) is 0 Å². The number of amides is 1. The van der Waals surface area contributed by atoms with E-state index in [4.69, 9.17) is 9.47 Å². The summed E-state index contributed by atoms with van der Waals surface area (Å²) in [6, 6.07) is 9.67. The number of carbonyl (C=O) groups is 2. The van der Waals surface area contributed by atoms with Crippen molar-refractivity contribution in [2.75, 3.05) is 13.2 Å². The fourth-order valence-electron chi connectivity index (χ4n) is 2.11. The maximum Gasteiger partial charge on any atom is 0.345 e. The van der Waals surface area contributed by atoms with E-state index in [9.17, 15) is 9.59 Å². The molecule has 114 valence electrons. The molecule has 1 aromatic rings. The van der Waals surface area contributed by atoms with Crippen molar-refractivity contribution in [1.29, 1.82) is 0 Å². The van der Waals surface area contributed by atoms with Gasteiger partial charge >= 0.3 is 5.97 Å². The van der Waals surface area contributed by atoms with Crippen molar-refractivity contribution in [3.63, 3.8) is 0 Å². The minimum absolute atomic E-state index is 0.334. The molecule has 21 heavy (non-hydrogen) atoms. The summed E-state index contributed by atoms with van der Waals surface area (Å²) in [5.74, 6) is -0.954. The van der Waals surface area contributed by atoms with Gasteiger partial charge in [0.15, 0.2) is 0 Å². The highest BCUT2D eigenvalue weighted by Gasteiger charge is 2.38. The summed E-state index contributed by atoms with van der Waals surface area (Å²) < 4.78 is 10.5. The zero-order valence-corrected chi connectivity index (χ0v) is 12.7. The van der Waals surface area contributed by atoms with E-state index in [1.165, 1.54) is 0 Å². The number of morpholine rings is 1. The van der Waals surface area contributed by atoms with Crippen LogP contribution in [0, 0.1) is 0 Å². The Balaban J connectivity index is 2.03. The van der Waals surface area contributed by atoms with Crippen LogP contribution in [0.15, 0.2) is 30.3 Å². The van der Waals surface area contributed by atoms with Crippen molar-refractivity contribution in [2.24, 2.45) is 0 Å². The molecule has 5 nitrogen and oxygen atoms in total. The average molecular weight is 291 g/mol. The van der Waals surface area contributed by atoms with Gasteiger partial charge in [0.05, 0.1) is 6.61 Å². The first kappa shape index (κ1) is 15.5. The van der Waals surface area contributed by atoms with Gasteiger partial charge in [-0.3, -0.25) is 4.79 Å². The fourth-order valence-corrected chi connectivity index (χ4v) is 2.11. The Morgan fingerprint density at radius 3 is 2.62 bits per heavy atom. The van der Waals surface area contributed by atoms with E-state index in [1.54, 1.807) is 25.7 Å². The van der Waals surface area contributed by atoms with Crippen LogP contribution in [0.25, 0.3) is 0 Å². The van der Waals surface area contributed by atoms with Gasteiger partial charge in [0.2, 0.25) is 6.10 Å². The van der Waals surface area contributed by atoms with E-state index in [2.05, 4.69) is 0 Å². The Bertz CT molecular complexity index is 507. The summed E-state index contributed by atoms with van der Waals surface area (Å²) in [6.07, 6.45) is -1.15. The third-order valence-corrected chi connectivity index (χ3v) is 3.02. The van der Waals surface area contributed by atoms with E-state index >= 15 is 0 Å². The highest BCUT2D eigenvalue weighted by Crippen LogP contribution is 2.16. The molecule has 0 aliphatic carbocycles. The Hall–Kier alpha value is -1.88. The third kappa shape index (κ3) is 4.29. The average Bonchev–Trinajstić information content (AvgIpc) is 2.40. The molecule has 1 fully saturated rings. The number of carbonyl (C=O) groups excluding carboxylic acids is 2. The lowest BCUT2D eigenvalue weighted by Crippen LogP contribution is -2.52. The summed E-state index contributed by atoms with van der Waals surface area (Å²) in [7, 11) is 0. The van der Waals surface area contributed by atoms with Crippen molar-refractivity contribution in [3.05, 3.63) is 35.9 Å². The van der Waals surface area contributed by atoms with Gasteiger partial charge in [-0.1, -0.05) is 30.3 Å². The van der Waals surface area contributed by atoms with Gasteiger partial charge in [-0.15, -0.1) is 0 Å². The predicted molar refractivity (Wildman–Crippen MR) is 77.4 cm³/mol. The number of benzene rings is 1. The molecule has 0 N–H and O–H groups in total. The molecular weight excluding hydrogens is 270 g/mol. The van der Waals surface area contributed by atoms with Crippen molar-refractivity contribution in [3.8, 4) is 0 Å². The summed E-state index contributed by atoms with van der Waals surface area (Å²) in [6.45, 7) is 6.58. The van der Waals surface area contributed by atoms with Crippen LogP contribution in [0.3, 0.4) is 0 Å². The Morgan fingerprint density at radius 1 is 1.33 bits per heavy atom. The number of rotatable bonds is 3. The fraction of sp³-hybridized carbons (Fsp3) is 0.500. The first-order valence-corrected chi connectivity index (χ1v) is 7.04. The molecule has 1 aromatic carbocycles. The molecule has 0 radical (unpaired) electrons. The largest absolute Gasteiger partial charge is 0.458 e. The first-order chi connectivity index (χ1) is 9.87.